The average molecular weight is 419 g/mol. The monoisotopic (exact) mass is 418 g/mol. The molecule has 31 heavy (non-hydrogen) atoms. The molecule has 0 spiro atoms. The minimum Gasteiger partial charge on any atom is -0.423 e. The second-order valence-corrected chi connectivity index (χ2v) is 8.09. The van der Waals surface area contributed by atoms with Crippen LogP contribution < -0.4 is 4.74 Å². The van der Waals surface area contributed by atoms with Gasteiger partial charge in [-0.15, -0.1) is 0 Å². The highest BCUT2D eigenvalue weighted by molar-refractivity contribution is 5.91. The molecule has 2 aromatic rings. The van der Waals surface area contributed by atoms with Crippen molar-refractivity contribution in [3.63, 3.8) is 0 Å². The Hall–Kier alpha value is -2.61. The zero-order chi connectivity index (χ0) is 22.3. The number of hydrogen-bond donors (Lipinski definition) is 0. The van der Waals surface area contributed by atoms with Crippen LogP contribution >= 0.6 is 0 Å². The van der Waals surface area contributed by atoms with E-state index in [4.69, 9.17) is 4.74 Å². The Kier molecular flexibility index (Phi) is 11.5. The SMILES string of the molecule is C=CC(=O)Oc1ccc(C(CCCCCC)=C(CCCCCC)c2ccccc2)cc1. The summed E-state index contributed by atoms with van der Waals surface area (Å²) >= 11 is 0. The number of rotatable bonds is 14. The van der Waals surface area contributed by atoms with Crippen LogP contribution in [0, 0.1) is 0 Å². The second kappa shape index (κ2) is 14.4. The standard InChI is InChI=1S/C29H38O2/c1-4-7-9-14-18-27(24-16-12-11-13-17-24)28(19-15-10-8-5-2)25-20-22-26(23-21-25)31-29(30)6-3/h6,11-13,16-17,20-23H,3-5,7-10,14-15,18-19H2,1-2H3. The highest BCUT2D eigenvalue weighted by Gasteiger charge is 2.13. The minimum atomic E-state index is -0.427. The van der Waals surface area contributed by atoms with Crippen molar-refractivity contribution in [2.24, 2.45) is 0 Å². The third-order valence-corrected chi connectivity index (χ3v) is 5.64. The van der Waals surface area contributed by atoms with E-state index in [-0.39, 0.29) is 0 Å². The maximum Gasteiger partial charge on any atom is 0.335 e. The second-order valence-electron chi connectivity index (χ2n) is 8.09. The maximum atomic E-state index is 11.5. The van der Waals surface area contributed by atoms with Crippen molar-refractivity contribution >= 4 is 17.1 Å². The van der Waals surface area contributed by atoms with Gasteiger partial charge in [0.1, 0.15) is 5.75 Å². The molecule has 0 fully saturated rings. The lowest BCUT2D eigenvalue weighted by molar-refractivity contribution is -0.128. The first-order valence-electron chi connectivity index (χ1n) is 11.9. The van der Waals surface area contributed by atoms with Gasteiger partial charge in [0.05, 0.1) is 0 Å². The van der Waals surface area contributed by atoms with Crippen molar-refractivity contribution in [3.8, 4) is 5.75 Å². The predicted octanol–water partition coefficient (Wildman–Crippen LogP) is 8.63. The molecule has 2 nitrogen and oxygen atoms in total. The molecule has 0 aliphatic heterocycles. The van der Waals surface area contributed by atoms with E-state index in [1.54, 1.807) is 0 Å². The Labute approximate surface area is 189 Å². The van der Waals surface area contributed by atoms with Crippen LogP contribution in [-0.2, 0) is 4.79 Å². The van der Waals surface area contributed by atoms with Crippen LogP contribution in [0.3, 0.4) is 0 Å². The number of carbonyl (C=O) groups excluding carboxylic acids is 1. The molecule has 0 radical (unpaired) electrons. The summed E-state index contributed by atoms with van der Waals surface area (Å²) in [5.41, 5.74) is 5.44. The Morgan fingerprint density at radius 3 is 1.74 bits per heavy atom. The van der Waals surface area contributed by atoms with Crippen molar-refractivity contribution in [2.45, 2.75) is 78.1 Å². The minimum absolute atomic E-state index is 0.427. The summed E-state index contributed by atoms with van der Waals surface area (Å²) in [4.78, 5) is 11.5. The highest BCUT2D eigenvalue weighted by Crippen LogP contribution is 2.35. The number of ether oxygens (including phenoxy) is 1. The Balaban J connectivity index is 2.38. The number of carbonyl (C=O) groups is 1. The quantitative estimate of drug-likeness (QED) is 0.101. The molecule has 166 valence electrons. The van der Waals surface area contributed by atoms with Crippen LogP contribution in [0.5, 0.6) is 5.75 Å². The Morgan fingerprint density at radius 1 is 0.742 bits per heavy atom. The van der Waals surface area contributed by atoms with E-state index in [0.717, 1.165) is 12.8 Å². The van der Waals surface area contributed by atoms with Crippen LogP contribution in [0.15, 0.2) is 67.3 Å². The Bertz CT molecular complexity index is 816. The van der Waals surface area contributed by atoms with Gasteiger partial charge in [0.25, 0.3) is 0 Å². The van der Waals surface area contributed by atoms with E-state index in [2.05, 4.69) is 62.9 Å². The van der Waals surface area contributed by atoms with Crippen molar-refractivity contribution < 1.29 is 9.53 Å². The normalized spacial score (nSPS) is 11.7. The lowest BCUT2D eigenvalue weighted by Crippen LogP contribution is -2.03. The fourth-order valence-corrected chi connectivity index (χ4v) is 3.92. The number of benzene rings is 2. The largest absolute Gasteiger partial charge is 0.423 e. The molecule has 0 heterocycles. The fourth-order valence-electron chi connectivity index (χ4n) is 3.92. The van der Waals surface area contributed by atoms with Gasteiger partial charge < -0.3 is 4.74 Å². The van der Waals surface area contributed by atoms with Crippen LogP contribution in [0.25, 0.3) is 11.1 Å². The molecule has 2 rings (SSSR count). The molecular formula is C29H38O2. The lowest BCUT2D eigenvalue weighted by atomic mass is 9.88. The summed E-state index contributed by atoms with van der Waals surface area (Å²) in [5, 5.41) is 0. The van der Waals surface area contributed by atoms with Crippen LogP contribution in [0.2, 0.25) is 0 Å². The van der Waals surface area contributed by atoms with E-state index in [1.165, 1.54) is 79.7 Å². The van der Waals surface area contributed by atoms with Crippen LogP contribution in [-0.4, -0.2) is 5.97 Å². The van der Waals surface area contributed by atoms with Crippen molar-refractivity contribution in [2.75, 3.05) is 0 Å². The van der Waals surface area contributed by atoms with E-state index in [9.17, 15) is 4.79 Å². The molecule has 0 N–H and O–H groups in total. The van der Waals surface area contributed by atoms with Gasteiger partial charge in [-0.2, -0.15) is 0 Å². The smallest absolute Gasteiger partial charge is 0.335 e. The van der Waals surface area contributed by atoms with Crippen molar-refractivity contribution in [3.05, 3.63) is 78.4 Å². The first-order valence-corrected chi connectivity index (χ1v) is 11.9. The lowest BCUT2D eigenvalue weighted by Gasteiger charge is -2.18. The molecule has 0 unspecified atom stereocenters. The van der Waals surface area contributed by atoms with E-state index >= 15 is 0 Å². The summed E-state index contributed by atoms with van der Waals surface area (Å²) in [7, 11) is 0. The molecule has 0 saturated carbocycles. The number of unbranched alkanes of at least 4 members (excludes halogenated alkanes) is 6. The fraction of sp³-hybridized carbons (Fsp3) is 0.414. The van der Waals surface area contributed by atoms with Crippen LogP contribution in [0.4, 0.5) is 0 Å². The van der Waals surface area contributed by atoms with Gasteiger partial charge in [-0.1, -0.05) is 101 Å². The third kappa shape index (κ3) is 8.57. The van der Waals surface area contributed by atoms with Gasteiger partial charge in [0.15, 0.2) is 0 Å². The van der Waals surface area contributed by atoms with Crippen molar-refractivity contribution in [1.82, 2.24) is 0 Å². The van der Waals surface area contributed by atoms with Crippen LogP contribution in [0.1, 0.15) is 89.2 Å². The molecule has 2 aromatic carbocycles. The van der Waals surface area contributed by atoms with E-state index in [0.29, 0.717) is 5.75 Å². The van der Waals surface area contributed by atoms with Gasteiger partial charge in [0, 0.05) is 6.08 Å². The zero-order valence-corrected chi connectivity index (χ0v) is 19.4. The van der Waals surface area contributed by atoms with Gasteiger partial charge in [-0.3, -0.25) is 0 Å². The molecule has 0 atom stereocenters. The van der Waals surface area contributed by atoms with Gasteiger partial charge in [0.2, 0.25) is 0 Å². The maximum absolute atomic E-state index is 11.5. The highest BCUT2D eigenvalue weighted by atomic mass is 16.5. The molecule has 2 heteroatoms. The molecule has 0 aliphatic rings. The van der Waals surface area contributed by atoms with Crippen molar-refractivity contribution in [1.29, 1.82) is 0 Å². The summed E-state index contributed by atoms with van der Waals surface area (Å²) in [6.07, 6.45) is 13.4. The zero-order valence-electron chi connectivity index (χ0n) is 19.4. The van der Waals surface area contributed by atoms with E-state index in [1.807, 2.05) is 12.1 Å². The summed E-state index contributed by atoms with van der Waals surface area (Å²) in [6, 6.07) is 18.8. The first kappa shape index (κ1) is 24.7. The topological polar surface area (TPSA) is 26.3 Å². The predicted molar refractivity (Wildman–Crippen MR) is 133 cm³/mol. The van der Waals surface area contributed by atoms with E-state index < -0.39 is 5.97 Å². The molecule has 0 saturated heterocycles. The Morgan fingerprint density at radius 2 is 1.26 bits per heavy atom. The molecule has 0 aliphatic carbocycles. The van der Waals surface area contributed by atoms with Gasteiger partial charge in [-0.05, 0) is 60.1 Å². The third-order valence-electron chi connectivity index (χ3n) is 5.64. The summed E-state index contributed by atoms with van der Waals surface area (Å²) in [6.45, 7) is 7.98. The number of esters is 1. The first-order chi connectivity index (χ1) is 15.2. The van der Waals surface area contributed by atoms with Gasteiger partial charge in [-0.25, -0.2) is 4.79 Å². The molecule has 0 bridgehead atoms. The number of hydrogen-bond acceptors (Lipinski definition) is 2. The summed E-state index contributed by atoms with van der Waals surface area (Å²) < 4.78 is 5.28. The van der Waals surface area contributed by atoms with Gasteiger partial charge >= 0.3 is 5.97 Å². The molecule has 0 amide bonds. The summed E-state index contributed by atoms with van der Waals surface area (Å²) in [5.74, 6) is 0.132. The number of allylic oxidation sites excluding steroid dienone is 2. The molecule has 0 aromatic heterocycles. The average Bonchev–Trinajstić information content (AvgIpc) is 2.81. The molecular weight excluding hydrogens is 380 g/mol.